The molecule has 0 bridgehead atoms. The first-order valence-electron chi connectivity index (χ1n) is 5.42. The number of carbonyl (C=O) groups excluding carboxylic acids is 1. The van der Waals surface area contributed by atoms with Gasteiger partial charge in [0.05, 0.1) is 5.70 Å². The second-order valence-corrected chi connectivity index (χ2v) is 3.86. The van der Waals surface area contributed by atoms with Crippen molar-refractivity contribution >= 4 is 5.91 Å². The topological polar surface area (TPSA) is 52.6 Å². The molecule has 1 aliphatic rings. The summed E-state index contributed by atoms with van der Waals surface area (Å²) in [5.74, 6) is 5.15. The van der Waals surface area contributed by atoms with Gasteiger partial charge in [-0.1, -0.05) is 18.9 Å². The van der Waals surface area contributed by atoms with Crippen LogP contribution < -0.4 is 5.32 Å². The van der Waals surface area contributed by atoms with Crippen LogP contribution >= 0.6 is 0 Å². The molecule has 4 heteroatoms. The van der Waals surface area contributed by atoms with Gasteiger partial charge in [-0.3, -0.25) is 4.79 Å². The van der Waals surface area contributed by atoms with Crippen LogP contribution in [0.3, 0.4) is 0 Å². The van der Waals surface area contributed by atoms with E-state index in [-0.39, 0.29) is 5.91 Å². The summed E-state index contributed by atoms with van der Waals surface area (Å²) in [6.45, 7) is 2.55. The van der Waals surface area contributed by atoms with Crippen molar-refractivity contribution in [2.24, 2.45) is 0 Å². The van der Waals surface area contributed by atoms with Gasteiger partial charge in [-0.2, -0.15) is 0 Å². The number of hydrogen-bond acceptors (Lipinski definition) is 3. The molecule has 0 aliphatic carbocycles. The van der Waals surface area contributed by atoms with E-state index in [1.807, 2.05) is 13.0 Å². The Hall–Kier alpha value is -1.47. The first-order chi connectivity index (χ1) is 7.53. The Morgan fingerprint density at radius 2 is 2.44 bits per heavy atom. The van der Waals surface area contributed by atoms with Gasteiger partial charge in [-0.15, -0.1) is 0 Å². The van der Waals surface area contributed by atoms with Crippen molar-refractivity contribution < 1.29 is 9.90 Å². The van der Waals surface area contributed by atoms with Crippen LogP contribution in [0, 0.1) is 11.8 Å². The van der Waals surface area contributed by atoms with Crippen molar-refractivity contribution in [3.63, 3.8) is 0 Å². The van der Waals surface area contributed by atoms with Gasteiger partial charge < -0.3 is 15.3 Å². The third-order valence-electron chi connectivity index (χ3n) is 2.59. The van der Waals surface area contributed by atoms with Crippen LogP contribution in [-0.2, 0) is 4.79 Å². The molecule has 0 radical (unpaired) electrons. The van der Waals surface area contributed by atoms with Gasteiger partial charge in [0.2, 0.25) is 5.60 Å². The minimum absolute atomic E-state index is 0.313. The minimum atomic E-state index is -1.50. The van der Waals surface area contributed by atoms with Crippen LogP contribution in [0.1, 0.15) is 19.8 Å². The number of hydrogen-bond donors (Lipinski definition) is 2. The van der Waals surface area contributed by atoms with Gasteiger partial charge in [-0.05, 0) is 12.3 Å². The van der Waals surface area contributed by atoms with Gasteiger partial charge >= 0.3 is 0 Å². The number of amides is 1. The zero-order chi connectivity index (χ0) is 12.2. The van der Waals surface area contributed by atoms with E-state index >= 15 is 0 Å². The number of rotatable bonds is 2. The average molecular weight is 222 g/mol. The molecule has 1 saturated heterocycles. The standard InChI is InChI=1S/C12H18N2O2/c1-4-5-10(13-2)6-7-12(16)8-9-14(3)11(12)15/h5,13,16H,4,8-9H2,1-3H3/b10-5-/t12-/m0/s1. The monoisotopic (exact) mass is 222 g/mol. The minimum Gasteiger partial charge on any atom is -0.382 e. The molecule has 1 heterocycles. The number of carbonyl (C=O) groups is 1. The van der Waals surface area contributed by atoms with Gasteiger partial charge in [0, 0.05) is 27.1 Å². The Labute approximate surface area is 96.3 Å². The van der Waals surface area contributed by atoms with Gasteiger partial charge in [0.15, 0.2) is 0 Å². The number of aliphatic hydroxyl groups is 1. The summed E-state index contributed by atoms with van der Waals surface area (Å²) in [4.78, 5) is 13.1. The molecule has 1 atom stereocenters. The third-order valence-corrected chi connectivity index (χ3v) is 2.59. The summed E-state index contributed by atoms with van der Waals surface area (Å²) in [5.41, 5.74) is -0.767. The van der Waals surface area contributed by atoms with Crippen LogP contribution in [-0.4, -0.2) is 42.2 Å². The summed E-state index contributed by atoms with van der Waals surface area (Å²) in [6.07, 6.45) is 3.15. The molecule has 2 N–H and O–H groups in total. The van der Waals surface area contributed by atoms with Gasteiger partial charge in [-0.25, -0.2) is 0 Å². The van der Waals surface area contributed by atoms with Crippen molar-refractivity contribution in [1.82, 2.24) is 10.2 Å². The molecule has 0 aromatic heterocycles. The number of nitrogens with zero attached hydrogens (tertiary/aromatic N) is 1. The molecule has 0 saturated carbocycles. The highest BCUT2D eigenvalue weighted by molar-refractivity contribution is 5.90. The van der Waals surface area contributed by atoms with Gasteiger partial charge in [0.1, 0.15) is 0 Å². The number of likely N-dealkylation sites (tertiary alicyclic amines) is 1. The number of nitrogens with one attached hydrogen (secondary N) is 1. The molecular formula is C12H18N2O2. The fraction of sp³-hybridized carbons (Fsp3) is 0.583. The van der Waals surface area contributed by atoms with Crippen molar-refractivity contribution in [1.29, 1.82) is 0 Å². The molecule has 0 spiro atoms. The lowest BCUT2D eigenvalue weighted by Crippen LogP contribution is -2.37. The summed E-state index contributed by atoms with van der Waals surface area (Å²) in [5, 5.41) is 12.9. The Bertz CT molecular complexity index is 365. The molecule has 4 nitrogen and oxygen atoms in total. The first kappa shape index (κ1) is 12.6. The largest absolute Gasteiger partial charge is 0.382 e. The van der Waals surface area contributed by atoms with E-state index < -0.39 is 5.60 Å². The Balaban J connectivity index is 2.84. The smallest absolute Gasteiger partial charge is 0.267 e. The second kappa shape index (κ2) is 5.04. The van der Waals surface area contributed by atoms with Crippen LogP contribution in [0.5, 0.6) is 0 Å². The molecule has 0 aromatic rings. The van der Waals surface area contributed by atoms with Crippen LogP contribution in [0.4, 0.5) is 0 Å². The van der Waals surface area contributed by atoms with Crippen molar-refractivity contribution in [3.8, 4) is 11.8 Å². The van der Waals surface area contributed by atoms with E-state index in [2.05, 4.69) is 17.2 Å². The number of likely N-dealkylation sites (N-methyl/N-ethyl adjacent to an activating group) is 1. The molecular weight excluding hydrogens is 204 g/mol. The molecule has 0 aromatic carbocycles. The average Bonchev–Trinajstić information content (AvgIpc) is 2.53. The van der Waals surface area contributed by atoms with Crippen LogP contribution in [0.25, 0.3) is 0 Å². The van der Waals surface area contributed by atoms with E-state index in [4.69, 9.17) is 0 Å². The lowest BCUT2D eigenvalue weighted by molar-refractivity contribution is -0.137. The fourth-order valence-electron chi connectivity index (χ4n) is 1.56. The second-order valence-electron chi connectivity index (χ2n) is 3.86. The Morgan fingerprint density at radius 1 is 1.75 bits per heavy atom. The fourth-order valence-corrected chi connectivity index (χ4v) is 1.56. The predicted octanol–water partition coefficient (Wildman–Crippen LogP) is 0.0963. The maximum atomic E-state index is 11.6. The molecule has 1 aliphatic heterocycles. The van der Waals surface area contributed by atoms with Crippen LogP contribution in [0.2, 0.25) is 0 Å². The third kappa shape index (κ3) is 2.56. The summed E-state index contributed by atoms with van der Waals surface area (Å²) < 4.78 is 0. The molecule has 16 heavy (non-hydrogen) atoms. The summed E-state index contributed by atoms with van der Waals surface area (Å²) in [6, 6.07) is 0. The Morgan fingerprint density at radius 3 is 2.88 bits per heavy atom. The molecule has 1 fully saturated rings. The van der Waals surface area contributed by atoms with Crippen molar-refractivity contribution in [2.75, 3.05) is 20.6 Å². The van der Waals surface area contributed by atoms with E-state index in [0.717, 1.165) is 12.1 Å². The quantitative estimate of drug-likeness (QED) is 0.651. The van der Waals surface area contributed by atoms with Gasteiger partial charge in [0.25, 0.3) is 5.91 Å². The molecule has 1 rings (SSSR count). The number of allylic oxidation sites excluding steroid dienone is 2. The first-order valence-corrected chi connectivity index (χ1v) is 5.42. The highest BCUT2D eigenvalue weighted by Crippen LogP contribution is 2.20. The maximum absolute atomic E-state index is 11.6. The summed E-state index contributed by atoms with van der Waals surface area (Å²) in [7, 11) is 3.44. The SMILES string of the molecule is CC/C=C(/C#C[C@]1(O)CCN(C)C1=O)NC. The Kier molecular flexibility index (Phi) is 3.97. The maximum Gasteiger partial charge on any atom is 0.267 e. The van der Waals surface area contributed by atoms with Crippen molar-refractivity contribution in [2.45, 2.75) is 25.4 Å². The molecule has 88 valence electrons. The lowest BCUT2D eigenvalue weighted by Gasteiger charge is -2.13. The molecule has 0 unspecified atom stereocenters. The highest BCUT2D eigenvalue weighted by atomic mass is 16.3. The van der Waals surface area contributed by atoms with E-state index in [0.29, 0.717) is 13.0 Å². The zero-order valence-electron chi connectivity index (χ0n) is 10.0. The zero-order valence-corrected chi connectivity index (χ0v) is 10.0. The predicted molar refractivity (Wildman–Crippen MR) is 62.4 cm³/mol. The molecule has 1 amide bonds. The van der Waals surface area contributed by atoms with Crippen LogP contribution in [0.15, 0.2) is 11.8 Å². The van der Waals surface area contributed by atoms with Crippen molar-refractivity contribution in [3.05, 3.63) is 11.8 Å². The van der Waals surface area contributed by atoms with E-state index in [1.165, 1.54) is 4.90 Å². The normalized spacial score (nSPS) is 25.4. The highest BCUT2D eigenvalue weighted by Gasteiger charge is 2.42. The van der Waals surface area contributed by atoms with E-state index in [1.54, 1.807) is 14.1 Å². The summed E-state index contributed by atoms with van der Waals surface area (Å²) >= 11 is 0. The lowest BCUT2D eigenvalue weighted by atomic mass is 10.0. The van der Waals surface area contributed by atoms with E-state index in [9.17, 15) is 9.90 Å².